The molecule has 10 aliphatic heterocycles. The maximum absolute atomic E-state index is 2.71. The standard InChI is InChI=1S/C12H19.C5H5.Fe/c1-4-12(3,5-2)10-11-8-6-7-9-11;1-2-4-5-3-1;/h6-9H,4-5,10H2,1-3H3;1-5H;. The predicted molar refractivity (Wildman–Crippen MR) is 69.7 cm³/mol. The van der Waals surface area contributed by atoms with Crippen LogP contribution in [0.15, 0.2) is 0 Å². The second-order valence-corrected chi connectivity index (χ2v) is 36.2. The van der Waals surface area contributed by atoms with Gasteiger partial charge in [-0.05, 0) is 0 Å². The Hall–Kier alpha value is 0.519. The van der Waals surface area contributed by atoms with E-state index < -0.39 is 6.51 Å². The number of rotatable bonds is 4. The average molecular weight is 284 g/mol. The summed E-state index contributed by atoms with van der Waals surface area (Å²) in [6.07, 6.45) is 4.67. The molecule has 4 atom stereocenters. The quantitative estimate of drug-likeness (QED) is 0.558. The predicted octanol–water partition coefficient (Wildman–Crippen LogP) is 5.96. The molecule has 10 saturated heterocycles. The summed E-state index contributed by atoms with van der Waals surface area (Å²) in [6.45, 7) is 4.90. The van der Waals surface area contributed by atoms with Gasteiger partial charge >= 0.3 is 99.6 Å². The van der Waals surface area contributed by atoms with E-state index in [1.807, 2.05) is 0 Å². The van der Waals surface area contributed by atoms with E-state index in [1.165, 1.54) is 60.5 Å². The van der Waals surface area contributed by atoms with E-state index in [0.717, 1.165) is 5.41 Å². The average Bonchev–Trinajstić information content (AvgIpc) is 3.32. The van der Waals surface area contributed by atoms with Crippen LogP contribution in [-0.2, 0) is 6.51 Å². The van der Waals surface area contributed by atoms with Crippen molar-refractivity contribution in [3.8, 4) is 0 Å². The normalized spacial score (nSPS) is 114. The van der Waals surface area contributed by atoms with Gasteiger partial charge in [-0.2, -0.15) is 0 Å². The van der Waals surface area contributed by atoms with Crippen LogP contribution >= 0.6 is 0 Å². The molecule has 0 radical (unpaired) electrons. The second kappa shape index (κ2) is 0.624. The molecule has 0 aliphatic carbocycles. The Morgan fingerprint density at radius 3 is 1.50 bits per heavy atom. The van der Waals surface area contributed by atoms with Gasteiger partial charge in [0, 0.05) is 0 Å². The first-order valence-electron chi connectivity index (χ1n) is 8.59. The van der Waals surface area contributed by atoms with E-state index in [2.05, 4.69) is 20.8 Å². The van der Waals surface area contributed by atoms with Crippen LogP contribution in [0.4, 0.5) is 0 Å². The molecule has 0 amide bonds. The third-order valence-electron chi connectivity index (χ3n) is 17.4. The molecule has 0 bridgehead atoms. The number of hydrogen-bond acceptors (Lipinski definition) is 0. The first kappa shape index (κ1) is 7.51. The third kappa shape index (κ3) is 0.0782. The Labute approximate surface area is 99.6 Å². The molecule has 0 N–H and O–H groups in total. The van der Waals surface area contributed by atoms with Crippen molar-refractivity contribution >= 4 is 0 Å². The summed E-state index contributed by atoms with van der Waals surface area (Å²) in [5.41, 5.74) is 0.734. The van der Waals surface area contributed by atoms with Gasteiger partial charge in [0.05, 0.1) is 0 Å². The summed E-state index contributed by atoms with van der Waals surface area (Å²) in [5, 5.41) is 0. The Kier molecular flexibility index (Phi) is 0.260. The van der Waals surface area contributed by atoms with Gasteiger partial charge in [-0.15, -0.1) is 0 Å². The summed E-state index contributed by atoms with van der Waals surface area (Å²) in [5.74, 6) is 0. The van der Waals surface area contributed by atoms with Crippen molar-refractivity contribution in [1.82, 2.24) is 0 Å². The molecule has 0 saturated carbocycles. The van der Waals surface area contributed by atoms with Crippen LogP contribution in [0, 0.1) is 5.41 Å². The van der Waals surface area contributed by atoms with Crippen molar-refractivity contribution in [2.24, 2.45) is 5.41 Å². The molecular formula is C17H24Fe. The Bertz CT molecular complexity index is 885. The zero-order valence-electron chi connectivity index (χ0n) is 11.7. The monoisotopic (exact) mass is 284 g/mol. The SMILES string of the molecule is CCC(C)(CC)C[C]12[CH]3[CH]4[CH]5[CH]1[Fe]45321678[CH]2[CH]1[CH]6[CH]7[CH]28. The summed E-state index contributed by atoms with van der Waals surface area (Å²) in [4.78, 5) is 13.8. The van der Waals surface area contributed by atoms with Gasteiger partial charge in [-0.3, -0.25) is 0 Å². The van der Waals surface area contributed by atoms with Crippen LogP contribution in [0.25, 0.3) is 0 Å². The molecule has 1 heteroatoms. The summed E-state index contributed by atoms with van der Waals surface area (Å²) < 4.78 is 1.18. The zero-order valence-corrected chi connectivity index (χ0v) is 12.8. The van der Waals surface area contributed by atoms with Crippen molar-refractivity contribution in [2.75, 3.05) is 0 Å². The van der Waals surface area contributed by atoms with Gasteiger partial charge in [0.15, 0.2) is 0 Å². The van der Waals surface area contributed by atoms with Gasteiger partial charge in [0.2, 0.25) is 0 Å². The molecule has 10 rings (SSSR count). The van der Waals surface area contributed by atoms with Crippen molar-refractivity contribution in [1.29, 1.82) is 0 Å². The van der Waals surface area contributed by atoms with E-state index in [9.17, 15) is 0 Å². The van der Waals surface area contributed by atoms with Crippen molar-refractivity contribution in [3.63, 3.8) is 0 Å². The molecule has 10 fully saturated rings. The van der Waals surface area contributed by atoms with Crippen LogP contribution in [0.3, 0.4) is 0 Å². The van der Waals surface area contributed by atoms with Gasteiger partial charge in [0.1, 0.15) is 0 Å². The third-order valence-corrected chi connectivity index (χ3v) is 60.4. The number of hydrogen-bond donors (Lipinski definition) is 0. The first-order valence-corrected chi connectivity index (χ1v) is 14.9. The zero-order chi connectivity index (χ0) is 11.6. The van der Waals surface area contributed by atoms with Crippen LogP contribution in [0.2, 0.25) is 47.7 Å². The van der Waals surface area contributed by atoms with Gasteiger partial charge in [-0.1, -0.05) is 0 Å². The Morgan fingerprint density at radius 1 is 0.833 bits per heavy atom. The van der Waals surface area contributed by atoms with E-state index in [4.69, 9.17) is 0 Å². The van der Waals surface area contributed by atoms with Crippen LogP contribution in [-0.4, -0.2) is 0 Å². The summed E-state index contributed by atoms with van der Waals surface area (Å²) in [7, 11) is 0. The molecule has 4 unspecified atom stereocenters. The second-order valence-electron chi connectivity index (χ2n) is 12.5. The van der Waals surface area contributed by atoms with Gasteiger partial charge in [-0.25, -0.2) is 0 Å². The van der Waals surface area contributed by atoms with Gasteiger partial charge < -0.3 is 0 Å². The molecule has 18 heavy (non-hydrogen) atoms. The minimum atomic E-state index is -2.71. The Balaban J connectivity index is 1.42. The Morgan fingerprint density at radius 2 is 1.28 bits per heavy atom. The van der Waals surface area contributed by atoms with Crippen molar-refractivity contribution in [3.05, 3.63) is 0 Å². The van der Waals surface area contributed by atoms with E-state index in [1.54, 1.807) is 6.42 Å². The number of fused-ring (bicyclic) bond motifs is 10. The van der Waals surface area contributed by atoms with Crippen LogP contribution in [0.5, 0.6) is 0 Å². The maximum atomic E-state index is 2.65. The first-order chi connectivity index (χ1) is 8.37. The molecular weight excluding hydrogens is 260 g/mol. The molecule has 10 heterocycles. The molecule has 10 aliphatic rings. The van der Waals surface area contributed by atoms with E-state index in [-0.39, 0.29) is 0 Å². The summed E-state index contributed by atoms with van der Waals surface area (Å²) in [6, 6.07) is 0. The minimum absolute atomic E-state index is 0.734. The fraction of sp³-hybridized carbons (Fsp3) is 1.00. The van der Waals surface area contributed by atoms with E-state index in [0.29, 0.717) is 0 Å². The molecule has 0 nitrogen and oxygen atoms in total. The molecule has 0 aromatic heterocycles. The molecule has 0 aromatic rings. The van der Waals surface area contributed by atoms with Crippen molar-refractivity contribution < 1.29 is 6.51 Å². The van der Waals surface area contributed by atoms with Crippen LogP contribution < -0.4 is 0 Å². The molecule has 1 spiro atoms. The summed E-state index contributed by atoms with van der Waals surface area (Å²) >= 11 is 0. The van der Waals surface area contributed by atoms with E-state index >= 15 is 0 Å². The molecule has 100 valence electrons. The van der Waals surface area contributed by atoms with Gasteiger partial charge in [0.25, 0.3) is 0 Å². The fourth-order valence-electron chi connectivity index (χ4n) is 18.3. The fourth-order valence-corrected chi connectivity index (χ4v) is 93.4. The van der Waals surface area contributed by atoms with Crippen LogP contribution in [0.1, 0.15) is 40.0 Å². The topological polar surface area (TPSA) is 0 Å². The molecule has 0 aromatic carbocycles. The van der Waals surface area contributed by atoms with Crippen molar-refractivity contribution in [2.45, 2.75) is 87.7 Å².